The lowest BCUT2D eigenvalue weighted by Gasteiger charge is -2.47. The predicted octanol–water partition coefficient (Wildman–Crippen LogP) is 2.42. The summed E-state index contributed by atoms with van der Waals surface area (Å²) in [5.74, 6) is 1.08. The highest BCUT2D eigenvalue weighted by Gasteiger charge is 2.41. The van der Waals surface area contributed by atoms with Crippen LogP contribution in [0.2, 0.25) is 0 Å². The number of hydrogen-bond acceptors (Lipinski definition) is 3. The number of carbonyl (C=O) groups excluding carboxylic acids is 1. The molecular formula is C18H21NO3. The van der Waals surface area contributed by atoms with E-state index < -0.39 is 0 Å². The minimum atomic E-state index is 0.0977. The SMILES string of the molecule is O=C(/C=C/c1ccc2c(c1)CCO2)N1CCC2(CCO2)CC1. The highest BCUT2D eigenvalue weighted by molar-refractivity contribution is 5.91. The van der Waals surface area contributed by atoms with Gasteiger partial charge in [0.1, 0.15) is 5.75 Å². The summed E-state index contributed by atoms with van der Waals surface area (Å²) in [5.41, 5.74) is 2.39. The molecule has 3 aliphatic heterocycles. The van der Waals surface area contributed by atoms with Crippen molar-refractivity contribution < 1.29 is 14.3 Å². The summed E-state index contributed by atoms with van der Waals surface area (Å²) in [6, 6.07) is 6.10. The number of hydrogen-bond donors (Lipinski definition) is 0. The van der Waals surface area contributed by atoms with Crippen LogP contribution in [0.4, 0.5) is 0 Å². The maximum atomic E-state index is 12.3. The third-order valence-electron chi connectivity index (χ3n) is 5.08. The molecule has 0 atom stereocenters. The molecule has 2 fully saturated rings. The molecule has 1 spiro atoms. The van der Waals surface area contributed by atoms with Crippen LogP contribution in [0, 0.1) is 0 Å². The van der Waals surface area contributed by atoms with Gasteiger partial charge in [0.25, 0.3) is 0 Å². The van der Waals surface area contributed by atoms with E-state index in [9.17, 15) is 4.79 Å². The lowest BCUT2D eigenvalue weighted by molar-refractivity contribution is -0.175. The Morgan fingerprint density at radius 3 is 2.73 bits per heavy atom. The molecule has 0 radical (unpaired) electrons. The van der Waals surface area contributed by atoms with E-state index in [1.165, 1.54) is 5.56 Å². The second-order valence-electron chi connectivity index (χ2n) is 6.41. The van der Waals surface area contributed by atoms with Crippen LogP contribution in [-0.4, -0.2) is 42.7 Å². The van der Waals surface area contributed by atoms with Crippen LogP contribution < -0.4 is 4.74 Å². The second-order valence-corrected chi connectivity index (χ2v) is 6.41. The Labute approximate surface area is 130 Å². The minimum absolute atomic E-state index is 0.0977. The van der Waals surface area contributed by atoms with E-state index in [2.05, 4.69) is 6.07 Å². The van der Waals surface area contributed by atoms with Gasteiger partial charge in [-0.25, -0.2) is 0 Å². The molecule has 3 heterocycles. The fourth-order valence-electron chi connectivity index (χ4n) is 3.50. The molecule has 0 aromatic heterocycles. The zero-order chi connectivity index (χ0) is 15.0. The topological polar surface area (TPSA) is 38.8 Å². The van der Waals surface area contributed by atoms with Crippen molar-refractivity contribution in [1.29, 1.82) is 0 Å². The Kier molecular flexibility index (Phi) is 3.41. The highest BCUT2D eigenvalue weighted by Crippen LogP contribution is 2.36. The van der Waals surface area contributed by atoms with Gasteiger partial charge in [-0.3, -0.25) is 4.79 Å². The molecule has 2 saturated heterocycles. The minimum Gasteiger partial charge on any atom is -0.493 e. The lowest BCUT2D eigenvalue weighted by Crippen LogP contribution is -2.53. The first-order valence-corrected chi connectivity index (χ1v) is 8.11. The maximum Gasteiger partial charge on any atom is 0.246 e. The average molecular weight is 299 g/mol. The smallest absolute Gasteiger partial charge is 0.246 e. The standard InChI is InChI=1S/C18H21NO3/c20-17(19-9-6-18(7-10-19)8-12-22-18)4-2-14-1-3-16-15(13-14)5-11-21-16/h1-4,13H,5-12H2/b4-2+. The Bertz CT molecular complexity index is 609. The molecule has 4 rings (SSSR count). The first-order chi connectivity index (χ1) is 10.7. The van der Waals surface area contributed by atoms with Crippen molar-refractivity contribution >= 4 is 12.0 Å². The van der Waals surface area contributed by atoms with Crippen LogP contribution in [0.5, 0.6) is 5.75 Å². The molecule has 0 aliphatic carbocycles. The third-order valence-corrected chi connectivity index (χ3v) is 5.08. The van der Waals surface area contributed by atoms with E-state index in [-0.39, 0.29) is 11.5 Å². The van der Waals surface area contributed by atoms with E-state index in [4.69, 9.17) is 9.47 Å². The van der Waals surface area contributed by atoms with Crippen LogP contribution in [0.25, 0.3) is 6.08 Å². The van der Waals surface area contributed by atoms with Gasteiger partial charge >= 0.3 is 0 Å². The van der Waals surface area contributed by atoms with E-state index in [0.717, 1.165) is 63.3 Å². The molecule has 1 aromatic carbocycles. The molecule has 3 aliphatic rings. The third kappa shape index (κ3) is 2.52. The van der Waals surface area contributed by atoms with Crippen LogP contribution in [-0.2, 0) is 16.0 Å². The van der Waals surface area contributed by atoms with Gasteiger partial charge in [0.2, 0.25) is 5.91 Å². The van der Waals surface area contributed by atoms with Crippen LogP contribution in [0.3, 0.4) is 0 Å². The van der Waals surface area contributed by atoms with Gasteiger partial charge in [0.15, 0.2) is 0 Å². The predicted molar refractivity (Wildman–Crippen MR) is 83.8 cm³/mol. The molecule has 116 valence electrons. The molecule has 1 amide bonds. The molecule has 0 saturated carbocycles. The quantitative estimate of drug-likeness (QED) is 0.787. The Morgan fingerprint density at radius 2 is 2.00 bits per heavy atom. The maximum absolute atomic E-state index is 12.3. The summed E-state index contributed by atoms with van der Waals surface area (Å²) >= 11 is 0. The summed E-state index contributed by atoms with van der Waals surface area (Å²) in [7, 11) is 0. The van der Waals surface area contributed by atoms with Gasteiger partial charge in [0, 0.05) is 25.6 Å². The Hall–Kier alpha value is -1.81. The fourth-order valence-corrected chi connectivity index (χ4v) is 3.50. The van der Waals surface area contributed by atoms with E-state index in [0.29, 0.717) is 0 Å². The number of carbonyl (C=O) groups is 1. The molecule has 4 heteroatoms. The molecule has 1 aromatic rings. The summed E-state index contributed by atoms with van der Waals surface area (Å²) in [4.78, 5) is 14.2. The van der Waals surface area contributed by atoms with Crippen molar-refractivity contribution in [2.45, 2.75) is 31.3 Å². The number of likely N-dealkylation sites (tertiary alicyclic amines) is 1. The molecule has 22 heavy (non-hydrogen) atoms. The summed E-state index contributed by atoms with van der Waals surface area (Å²) in [6.45, 7) is 3.26. The van der Waals surface area contributed by atoms with Crippen LogP contribution in [0.15, 0.2) is 24.3 Å². The number of fused-ring (bicyclic) bond motifs is 1. The number of ether oxygens (including phenoxy) is 2. The Morgan fingerprint density at radius 1 is 1.18 bits per heavy atom. The van der Waals surface area contributed by atoms with Crippen molar-refractivity contribution in [1.82, 2.24) is 4.90 Å². The molecule has 0 bridgehead atoms. The number of nitrogens with zero attached hydrogens (tertiary/aromatic N) is 1. The molecular weight excluding hydrogens is 278 g/mol. The zero-order valence-corrected chi connectivity index (χ0v) is 12.7. The van der Waals surface area contributed by atoms with E-state index >= 15 is 0 Å². The zero-order valence-electron chi connectivity index (χ0n) is 12.7. The fraction of sp³-hybridized carbons (Fsp3) is 0.500. The first kappa shape index (κ1) is 13.8. The van der Waals surface area contributed by atoms with Crippen LogP contribution >= 0.6 is 0 Å². The van der Waals surface area contributed by atoms with Crippen molar-refractivity contribution in [2.24, 2.45) is 0 Å². The largest absolute Gasteiger partial charge is 0.493 e. The van der Waals surface area contributed by atoms with Crippen molar-refractivity contribution in [3.63, 3.8) is 0 Å². The molecule has 0 N–H and O–H groups in total. The number of rotatable bonds is 2. The van der Waals surface area contributed by atoms with Crippen molar-refractivity contribution in [3.05, 3.63) is 35.4 Å². The molecule has 0 unspecified atom stereocenters. The monoisotopic (exact) mass is 299 g/mol. The normalized spacial score (nSPS) is 22.5. The van der Waals surface area contributed by atoms with Gasteiger partial charge in [0.05, 0.1) is 18.8 Å². The van der Waals surface area contributed by atoms with E-state index in [1.807, 2.05) is 23.1 Å². The van der Waals surface area contributed by atoms with Gasteiger partial charge in [-0.05, 0) is 48.6 Å². The average Bonchev–Trinajstić information content (AvgIpc) is 2.99. The summed E-state index contributed by atoms with van der Waals surface area (Å²) in [5, 5.41) is 0. The van der Waals surface area contributed by atoms with Crippen molar-refractivity contribution in [3.8, 4) is 5.75 Å². The highest BCUT2D eigenvalue weighted by atomic mass is 16.5. The van der Waals surface area contributed by atoms with Gasteiger partial charge < -0.3 is 14.4 Å². The summed E-state index contributed by atoms with van der Waals surface area (Å²) < 4.78 is 11.2. The summed E-state index contributed by atoms with van der Waals surface area (Å²) in [6.07, 6.45) is 7.66. The van der Waals surface area contributed by atoms with E-state index in [1.54, 1.807) is 6.08 Å². The van der Waals surface area contributed by atoms with Gasteiger partial charge in [-0.2, -0.15) is 0 Å². The van der Waals surface area contributed by atoms with Gasteiger partial charge in [-0.15, -0.1) is 0 Å². The Balaban J connectivity index is 1.37. The van der Waals surface area contributed by atoms with Crippen molar-refractivity contribution in [2.75, 3.05) is 26.3 Å². The second kappa shape index (κ2) is 5.43. The molecule has 4 nitrogen and oxygen atoms in total. The number of piperidine rings is 1. The number of amides is 1. The van der Waals surface area contributed by atoms with Gasteiger partial charge in [-0.1, -0.05) is 6.07 Å². The van der Waals surface area contributed by atoms with Crippen LogP contribution in [0.1, 0.15) is 30.4 Å². The lowest BCUT2D eigenvalue weighted by atomic mass is 9.84. The number of benzene rings is 1. The first-order valence-electron chi connectivity index (χ1n) is 8.11.